The number of carbonyl (C=O) groups is 2. The van der Waals surface area contributed by atoms with E-state index >= 15 is 0 Å². The lowest BCUT2D eigenvalue weighted by Gasteiger charge is -2.29. The van der Waals surface area contributed by atoms with Crippen molar-refractivity contribution in [2.75, 3.05) is 13.1 Å². The molecule has 0 rings (SSSR count). The highest BCUT2D eigenvalue weighted by Gasteiger charge is 2.23. The monoisotopic (exact) mass is 257 g/mol. The Bertz CT molecular complexity index is 258. The number of ether oxygens (including phenoxy) is 1. The summed E-state index contributed by atoms with van der Waals surface area (Å²) < 4.78 is 5.35. The first-order valence-corrected chi connectivity index (χ1v) is 6.75. The fourth-order valence-electron chi connectivity index (χ4n) is 1.80. The third kappa shape index (κ3) is 7.30. The molecular formula is C14H27NO3. The number of hydrogen-bond donors (Lipinski definition) is 0. The quantitative estimate of drug-likeness (QED) is 0.658. The number of nitrogens with zero attached hydrogens (tertiary/aromatic N) is 1. The highest BCUT2D eigenvalue weighted by molar-refractivity contribution is 5.68. The Morgan fingerprint density at radius 3 is 2.33 bits per heavy atom. The molecule has 0 aliphatic carbocycles. The van der Waals surface area contributed by atoms with Crippen LogP contribution < -0.4 is 0 Å². The van der Waals surface area contributed by atoms with Crippen LogP contribution >= 0.6 is 0 Å². The van der Waals surface area contributed by atoms with Gasteiger partial charge in [0.1, 0.15) is 11.9 Å². The molecule has 0 N–H and O–H groups in total. The first kappa shape index (κ1) is 16.9. The summed E-state index contributed by atoms with van der Waals surface area (Å²) in [5.41, 5.74) is -0.477. The van der Waals surface area contributed by atoms with Crippen molar-refractivity contribution in [2.45, 2.75) is 59.5 Å². The van der Waals surface area contributed by atoms with Crippen molar-refractivity contribution >= 4 is 12.4 Å². The summed E-state index contributed by atoms with van der Waals surface area (Å²) in [6.07, 6.45) is 3.12. The number of hydrogen-bond acceptors (Lipinski definition) is 3. The van der Waals surface area contributed by atoms with Crippen LogP contribution in [0.5, 0.6) is 0 Å². The van der Waals surface area contributed by atoms with E-state index in [1.165, 1.54) is 0 Å². The number of carbonyl (C=O) groups excluding carboxylic acids is 2. The van der Waals surface area contributed by atoms with Gasteiger partial charge in [-0.25, -0.2) is 4.79 Å². The summed E-state index contributed by atoms with van der Waals surface area (Å²) in [6, 6.07) is 0. The number of rotatable bonds is 7. The second-order valence-corrected chi connectivity index (χ2v) is 5.58. The van der Waals surface area contributed by atoms with Crippen molar-refractivity contribution in [3.63, 3.8) is 0 Å². The molecule has 0 radical (unpaired) electrons. The predicted molar refractivity (Wildman–Crippen MR) is 72.6 cm³/mol. The van der Waals surface area contributed by atoms with Gasteiger partial charge in [-0.05, 0) is 40.0 Å². The lowest BCUT2D eigenvalue weighted by molar-refractivity contribution is -0.108. The first-order chi connectivity index (χ1) is 8.34. The molecule has 0 saturated heterocycles. The van der Waals surface area contributed by atoms with E-state index in [2.05, 4.69) is 6.92 Å². The molecule has 0 aliphatic rings. The van der Waals surface area contributed by atoms with Crippen LogP contribution in [0.2, 0.25) is 0 Å². The van der Waals surface area contributed by atoms with Crippen molar-refractivity contribution in [2.24, 2.45) is 5.92 Å². The molecule has 106 valence electrons. The summed E-state index contributed by atoms with van der Waals surface area (Å²) in [4.78, 5) is 24.2. The maximum atomic E-state index is 11.9. The topological polar surface area (TPSA) is 46.6 Å². The van der Waals surface area contributed by atoms with E-state index in [0.717, 1.165) is 19.1 Å². The molecule has 0 bridgehead atoms. The van der Waals surface area contributed by atoms with Crippen LogP contribution in [0.25, 0.3) is 0 Å². The Hall–Kier alpha value is -1.06. The van der Waals surface area contributed by atoms with Gasteiger partial charge < -0.3 is 14.4 Å². The van der Waals surface area contributed by atoms with Gasteiger partial charge in [0.25, 0.3) is 0 Å². The lowest BCUT2D eigenvalue weighted by atomic mass is 10.00. The molecular weight excluding hydrogens is 230 g/mol. The van der Waals surface area contributed by atoms with Gasteiger partial charge >= 0.3 is 6.09 Å². The molecule has 0 heterocycles. The van der Waals surface area contributed by atoms with E-state index in [1.54, 1.807) is 4.90 Å². The summed E-state index contributed by atoms with van der Waals surface area (Å²) in [7, 11) is 0. The molecule has 0 aromatic rings. The molecule has 4 heteroatoms. The molecule has 0 saturated carbocycles. The van der Waals surface area contributed by atoms with Gasteiger partial charge in [-0.3, -0.25) is 0 Å². The number of aldehydes is 1. The zero-order chi connectivity index (χ0) is 14.2. The molecule has 0 aromatic heterocycles. The lowest BCUT2D eigenvalue weighted by Crippen LogP contribution is -2.39. The highest BCUT2D eigenvalue weighted by Crippen LogP contribution is 2.15. The van der Waals surface area contributed by atoms with E-state index in [4.69, 9.17) is 4.74 Å². The average molecular weight is 257 g/mol. The van der Waals surface area contributed by atoms with Crippen molar-refractivity contribution in [3.8, 4) is 0 Å². The zero-order valence-electron chi connectivity index (χ0n) is 12.4. The summed E-state index contributed by atoms with van der Waals surface area (Å²) >= 11 is 0. The Morgan fingerprint density at radius 1 is 1.33 bits per heavy atom. The minimum Gasteiger partial charge on any atom is -0.444 e. The smallest absolute Gasteiger partial charge is 0.410 e. The van der Waals surface area contributed by atoms with Gasteiger partial charge in [0.2, 0.25) is 0 Å². The summed E-state index contributed by atoms with van der Waals surface area (Å²) in [5, 5.41) is 0. The van der Waals surface area contributed by atoms with Crippen LogP contribution in [0.15, 0.2) is 0 Å². The van der Waals surface area contributed by atoms with Crippen LogP contribution in [-0.2, 0) is 9.53 Å². The van der Waals surface area contributed by atoms with Crippen LogP contribution in [0, 0.1) is 5.92 Å². The maximum Gasteiger partial charge on any atom is 0.410 e. The molecule has 1 atom stereocenters. The Balaban J connectivity index is 4.46. The predicted octanol–water partition coefficient (Wildman–Crippen LogP) is 3.25. The van der Waals surface area contributed by atoms with Gasteiger partial charge in [-0.15, -0.1) is 0 Å². The fourth-order valence-corrected chi connectivity index (χ4v) is 1.80. The molecule has 0 spiro atoms. The van der Waals surface area contributed by atoms with Gasteiger partial charge in [0, 0.05) is 19.5 Å². The van der Waals surface area contributed by atoms with Crippen molar-refractivity contribution in [1.29, 1.82) is 0 Å². The first-order valence-electron chi connectivity index (χ1n) is 6.75. The highest BCUT2D eigenvalue weighted by atomic mass is 16.6. The minimum atomic E-state index is -0.477. The maximum absolute atomic E-state index is 11.9. The minimum absolute atomic E-state index is 0.236. The van der Waals surface area contributed by atoms with Gasteiger partial charge in [-0.1, -0.05) is 13.3 Å². The van der Waals surface area contributed by atoms with E-state index in [0.29, 0.717) is 19.5 Å². The normalized spacial score (nSPS) is 12.9. The van der Waals surface area contributed by atoms with Crippen molar-refractivity contribution < 1.29 is 14.3 Å². The molecule has 1 amide bonds. The Morgan fingerprint density at radius 2 is 1.94 bits per heavy atom. The van der Waals surface area contributed by atoms with Crippen LogP contribution in [0.4, 0.5) is 4.79 Å². The standard InChI is InChI=1S/C14H27NO3/c1-6-8-12(9-10-16)11-15(7-2)13(17)18-14(3,4)5/h10,12H,6-9,11H2,1-5H3. The molecule has 18 heavy (non-hydrogen) atoms. The van der Waals surface area contributed by atoms with E-state index in [-0.39, 0.29) is 12.0 Å². The molecule has 1 unspecified atom stereocenters. The Labute approximate surface area is 111 Å². The van der Waals surface area contributed by atoms with Gasteiger partial charge in [-0.2, -0.15) is 0 Å². The second kappa shape index (κ2) is 8.11. The molecule has 4 nitrogen and oxygen atoms in total. The van der Waals surface area contributed by atoms with Gasteiger partial charge in [0.15, 0.2) is 0 Å². The largest absolute Gasteiger partial charge is 0.444 e. The van der Waals surface area contributed by atoms with E-state index < -0.39 is 5.60 Å². The van der Waals surface area contributed by atoms with E-state index in [9.17, 15) is 9.59 Å². The van der Waals surface area contributed by atoms with Gasteiger partial charge in [0.05, 0.1) is 0 Å². The summed E-state index contributed by atoms with van der Waals surface area (Å²) in [5.74, 6) is 0.236. The third-order valence-electron chi connectivity index (χ3n) is 2.64. The SMILES string of the molecule is CCCC(CC=O)CN(CC)C(=O)OC(C)(C)C. The van der Waals surface area contributed by atoms with Crippen LogP contribution in [0.3, 0.4) is 0 Å². The molecule has 0 fully saturated rings. The molecule has 0 aliphatic heterocycles. The van der Waals surface area contributed by atoms with Crippen molar-refractivity contribution in [1.82, 2.24) is 4.90 Å². The Kier molecular flexibility index (Phi) is 7.64. The second-order valence-electron chi connectivity index (χ2n) is 5.58. The third-order valence-corrected chi connectivity index (χ3v) is 2.64. The van der Waals surface area contributed by atoms with Crippen LogP contribution in [0.1, 0.15) is 53.9 Å². The number of amides is 1. The fraction of sp³-hybridized carbons (Fsp3) is 0.857. The van der Waals surface area contributed by atoms with Crippen LogP contribution in [-0.4, -0.2) is 36.0 Å². The zero-order valence-corrected chi connectivity index (χ0v) is 12.4. The molecule has 0 aromatic carbocycles. The summed E-state index contributed by atoms with van der Waals surface area (Å²) in [6.45, 7) is 10.8. The van der Waals surface area contributed by atoms with Crippen molar-refractivity contribution in [3.05, 3.63) is 0 Å². The van der Waals surface area contributed by atoms with E-state index in [1.807, 2.05) is 27.7 Å². The average Bonchev–Trinajstić information content (AvgIpc) is 2.23.